The third-order valence-corrected chi connectivity index (χ3v) is 3.77. The predicted octanol–water partition coefficient (Wildman–Crippen LogP) is 3.53. The van der Waals surface area contributed by atoms with Crippen LogP contribution in [0.5, 0.6) is 0 Å². The number of hydrogen-bond acceptors (Lipinski definition) is 1. The van der Waals surface area contributed by atoms with Crippen LogP contribution in [0.3, 0.4) is 0 Å². The van der Waals surface area contributed by atoms with E-state index in [0.29, 0.717) is 6.04 Å². The maximum atomic E-state index is 5.32. The molecule has 19 heavy (non-hydrogen) atoms. The lowest BCUT2D eigenvalue weighted by Gasteiger charge is -2.17. The Morgan fingerprint density at radius 1 is 1.16 bits per heavy atom. The molecule has 2 N–H and O–H groups in total. The third kappa shape index (κ3) is 3.04. The Labute approximate surface area is 119 Å². The van der Waals surface area contributed by atoms with Gasteiger partial charge in [0.1, 0.15) is 0 Å². The molecule has 0 saturated heterocycles. The molecule has 0 radical (unpaired) electrons. The molecule has 0 aliphatic heterocycles. The van der Waals surface area contributed by atoms with Gasteiger partial charge in [-0.2, -0.15) is 0 Å². The van der Waals surface area contributed by atoms with Gasteiger partial charge in [-0.3, -0.25) is 0 Å². The van der Waals surface area contributed by atoms with E-state index in [1.165, 1.54) is 29.2 Å². The van der Waals surface area contributed by atoms with E-state index in [2.05, 4.69) is 60.0 Å². The van der Waals surface area contributed by atoms with Crippen LogP contribution >= 0.6 is 12.2 Å². The number of benzene rings is 2. The Balaban J connectivity index is 1.72. The summed E-state index contributed by atoms with van der Waals surface area (Å²) in [6.45, 7) is 2.14. The van der Waals surface area contributed by atoms with Gasteiger partial charge < -0.3 is 10.6 Å². The summed E-state index contributed by atoms with van der Waals surface area (Å²) >= 11 is 5.32. The zero-order valence-corrected chi connectivity index (χ0v) is 11.8. The number of hydrogen-bond donors (Lipinski definition) is 2. The topological polar surface area (TPSA) is 24.1 Å². The van der Waals surface area contributed by atoms with Gasteiger partial charge in [-0.25, -0.2) is 0 Å². The highest BCUT2D eigenvalue weighted by Gasteiger charge is 2.22. The van der Waals surface area contributed by atoms with Crippen molar-refractivity contribution in [2.45, 2.75) is 31.8 Å². The lowest BCUT2D eigenvalue weighted by Crippen LogP contribution is -2.37. The Morgan fingerprint density at radius 2 is 1.89 bits per heavy atom. The van der Waals surface area contributed by atoms with E-state index in [4.69, 9.17) is 12.2 Å². The molecule has 0 spiro atoms. The number of fused-ring (bicyclic) bond motifs is 1. The summed E-state index contributed by atoms with van der Waals surface area (Å²) in [6, 6.07) is 15.8. The number of rotatable bonds is 3. The summed E-state index contributed by atoms with van der Waals surface area (Å²) in [7, 11) is 0. The van der Waals surface area contributed by atoms with Crippen molar-refractivity contribution in [3.05, 3.63) is 48.0 Å². The van der Waals surface area contributed by atoms with Crippen molar-refractivity contribution in [3.8, 4) is 0 Å². The lowest BCUT2D eigenvalue weighted by molar-refractivity contribution is 0.698. The molecule has 0 aromatic heterocycles. The average Bonchev–Trinajstić information content (AvgIpc) is 3.21. The molecule has 2 aromatic carbocycles. The van der Waals surface area contributed by atoms with Crippen molar-refractivity contribution in [3.63, 3.8) is 0 Å². The molecule has 1 saturated carbocycles. The first-order valence-electron chi connectivity index (χ1n) is 6.78. The summed E-state index contributed by atoms with van der Waals surface area (Å²) in [4.78, 5) is 0. The minimum atomic E-state index is 0.225. The van der Waals surface area contributed by atoms with Crippen molar-refractivity contribution < 1.29 is 0 Å². The van der Waals surface area contributed by atoms with Gasteiger partial charge in [0.2, 0.25) is 0 Å². The van der Waals surface area contributed by atoms with Crippen molar-refractivity contribution in [1.82, 2.24) is 10.6 Å². The first-order valence-corrected chi connectivity index (χ1v) is 7.19. The molecule has 1 aliphatic rings. The molecular weight excluding hydrogens is 252 g/mol. The summed E-state index contributed by atoms with van der Waals surface area (Å²) in [5.74, 6) is 0. The second kappa shape index (κ2) is 5.17. The highest BCUT2D eigenvalue weighted by Crippen LogP contribution is 2.21. The molecule has 0 amide bonds. The second-order valence-corrected chi connectivity index (χ2v) is 5.63. The molecular formula is C16H18N2S. The molecule has 1 atom stereocenters. The highest BCUT2D eigenvalue weighted by atomic mass is 32.1. The van der Waals surface area contributed by atoms with Gasteiger partial charge in [-0.05, 0) is 54.4 Å². The van der Waals surface area contributed by atoms with Crippen molar-refractivity contribution in [1.29, 1.82) is 0 Å². The number of nitrogens with one attached hydrogen (secondary N) is 2. The van der Waals surface area contributed by atoms with Gasteiger partial charge in [-0.1, -0.05) is 36.4 Å². The van der Waals surface area contributed by atoms with Crippen LogP contribution < -0.4 is 10.6 Å². The Morgan fingerprint density at radius 3 is 2.63 bits per heavy atom. The maximum absolute atomic E-state index is 5.32. The fourth-order valence-corrected chi connectivity index (χ4v) is 2.56. The van der Waals surface area contributed by atoms with Crippen LogP contribution in [0.2, 0.25) is 0 Å². The van der Waals surface area contributed by atoms with Gasteiger partial charge in [0.15, 0.2) is 5.11 Å². The van der Waals surface area contributed by atoms with Crippen LogP contribution in [0.4, 0.5) is 0 Å². The van der Waals surface area contributed by atoms with Crippen LogP contribution in [-0.4, -0.2) is 11.2 Å². The Kier molecular flexibility index (Phi) is 3.38. The molecule has 0 heterocycles. The smallest absolute Gasteiger partial charge is 0.166 e. The maximum Gasteiger partial charge on any atom is 0.166 e. The van der Waals surface area contributed by atoms with Gasteiger partial charge in [0.05, 0.1) is 6.04 Å². The van der Waals surface area contributed by atoms with E-state index in [1.807, 2.05) is 0 Å². The molecule has 0 unspecified atom stereocenters. The average molecular weight is 270 g/mol. The fraction of sp³-hybridized carbons (Fsp3) is 0.312. The van der Waals surface area contributed by atoms with Gasteiger partial charge in [-0.15, -0.1) is 0 Å². The lowest BCUT2D eigenvalue weighted by atomic mass is 10.0. The minimum Gasteiger partial charge on any atom is -0.360 e. The fourth-order valence-electron chi connectivity index (χ4n) is 2.21. The largest absolute Gasteiger partial charge is 0.360 e. The zero-order chi connectivity index (χ0) is 13.2. The van der Waals surface area contributed by atoms with E-state index in [-0.39, 0.29) is 6.04 Å². The van der Waals surface area contributed by atoms with Gasteiger partial charge in [0, 0.05) is 6.04 Å². The predicted molar refractivity (Wildman–Crippen MR) is 84.3 cm³/mol. The molecule has 3 heteroatoms. The molecule has 0 bridgehead atoms. The first-order chi connectivity index (χ1) is 9.22. The van der Waals surface area contributed by atoms with Crippen LogP contribution in [0, 0.1) is 0 Å². The Bertz CT molecular complexity index is 604. The van der Waals surface area contributed by atoms with Gasteiger partial charge in [0.25, 0.3) is 0 Å². The van der Waals surface area contributed by atoms with E-state index >= 15 is 0 Å². The minimum absolute atomic E-state index is 0.225. The van der Waals surface area contributed by atoms with Crippen LogP contribution in [-0.2, 0) is 0 Å². The standard InChI is InChI=1S/C16H18N2S/c1-11(17-16(19)18-15-8-9-15)13-7-6-12-4-2-3-5-14(12)10-13/h2-7,10-11,15H,8-9H2,1H3,(H2,17,18,19)/t11-/m0/s1. The molecule has 3 rings (SSSR count). The number of thiocarbonyl (C=S) groups is 1. The van der Waals surface area contributed by atoms with Crippen molar-refractivity contribution >= 4 is 28.1 Å². The second-order valence-electron chi connectivity index (χ2n) is 5.22. The third-order valence-electron chi connectivity index (χ3n) is 3.53. The molecule has 2 nitrogen and oxygen atoms in total. The van der Waals surface area contributed by atoms with Crippen molar-refractivity contribution in [2.24, 2.45) is 0 Å². The van der Waals surface area contributed by atoms with Crippen LogP contribution in [0.1, 0.15) is 31.4 Å². The summed E-state index contributed by atoms with van der Waals surface area (Å²) in [6.07, 6.45) is 2.48. The van der Waals surface area contributed by atoms with E-state index in [9.17, 15) is 0 Å². The normalized spacial score (nSPS) is 16.1. The van der Waals surface area contributed by atoms with E-state index in [0.717, 1.165) is 5.11 Å². The van der Waals surface area contributed by atoms with Crippen molar-refractivity contribution in [2.75, 3.05) is 0 Å². The summed E-state index contributed by atoms with van der Waals surface area (Å²) in [5.41, 5.74) is 1.26. The Hall–Kier alpha value is -1.61. The summed E-state index contributed by atoms with van der Waals surface area (Å²) in [5, 5.41) is 9.98. The first kappa shape index (κ1) is 12.4. The monoisotopic (exact) mass is 270 g/mol. The quantitative estimate of drug-likeness (QED) is 0.834. The van der Waals surface area contributed by atoms with E-state index in [1.54, 1.807) is 0 Å². The molecule has 2 aromatic rings. The SMILES string of the molecule is C[C@H](NC(=S)NC1CC1)c1ccc2ccccc2c1. The zero-order valence-electron chi connectivity index (χ0n) is 11.0. The summed E-state index contributed by atoms with van der Waals surface area (Å²) < 4.78 is 0. The molecule has 98 valence electrons. The van der Waals surface area contributed by atoms with E-state index < -0.39 is 0 Å². The van der Waals surface area contributed by atoms with Gasteiger partial charge >= 0.3 is 0 Å². The molecule has 1 fully saturated rings. The van der Waals surface area contributed by atoms with Crippen LogP contribution in [0.15, 0.2) is 42.5 Å². The molecule has 1 aliphatic carbocycles. The van der Waals surface area contributed by atoms with Crippen LogP contribution in [0.25, 0.3) is 10.8 Å². The highest BCUT2D eigenvalue weighted by molar-refractivity contribution is 7.80.